The lowest BCUT2D eigenvalue weighted by Gasteiger charge is -2.44. The van der Waals surface area contributed by atoms with Crippen molar-refractivity contribution in [2.45, 2.75) is 56.2 Å². The van der Waals surface area contributed by atoms with Crippen LogP contribution in [0.1, 0.15) is 26.7 Å². The van der Waals surface area contributed by atoms with Crippen LogP contribution in [0.5, 0.6) is 5.75 Å². The zero-order valence-electron chi connectivity index (χ0n) is 15.2. The number of hydrogen-bond donors (Lipinski definition) is 1. The minimum atomic E-state index is -0.480. The fraction of sp³-hybridized carbons (Fsp3) is 0.700. The van der Waals surface area contributed by atoms with Crippen molar-refractivity contribution in [2.75, 3.05) is 20.3 Å². The van der Waals surface area contributed by atoms with Gasteiger partial charge in [-0.15, -0.1) is 0 Å². The second kappa shape index (κ2) is 6.23. The van der Waals surface area contributed by atoms with Gasteiger partial charge in [0.2, 0.25) is 0 Å². The van der Waals surface area contributed by atoms with Crippen molar-refractivity contribution < 1.29 is 24.1 Å². The standard InChI is InChI=1S/C20H28O5/c1-13-11-20(12-24-20)18(17(22-3)16(13)21)19(2)15(25-19)9-10-23-14-7-5-4-6-8-14/h4-8,13,15-18,21H,9-12H2,1-3H3/t13-,15-,16-,17-,18-,19?,20+/m1/s1. The van der Waals surface area contributed by atoms with E-state index in [1.807, 2.05) is 30.3 Å². The zero-order valence-corrected chi connectivity index (χ0v) is 15.2. The molecule has 3 fully saturated rings. The Balaban J connectivity index is 1.40. The van der Waals surface area contributed by atoms with Gasteiger partial charge in [-0.05, 0) is 31.4 Å². The summed E-state index contributed by atoms with van der Waals surface area (Å²) in [5.41, 5.74) is -0.512. The molecule has 0 aromatic heterocycles. The zero-order chi connectivity index (χ0) is 17.7. The molecule has 1 spiro atoms. The molecule has 2 aliphatic heterocycles. The third-order valence-corrected chi connectivity index (χ3v) is 6.26. The largest absolute Gasteiger partial charge is 0.493 e. The van der Waals surface area contributed by atoms with Gasteiger partial charge in [0.05, 0.1) is 37.4 Å². The van der Waals surface area contributed by atoms with E-state index in [9.17, 15) is 5.11 Å². The summed E-state index contributed by atoms with van der Waals surface area (Å²) in [4.78, 5) is 0. The van der Waals surface area contributed by atoms with Crippen LogP contribution in [-0.2, 0) is 14.2 Å². The van der Waals surface area contributed by atoms with Crippen molar-refractivity contribution >= 4 is 0 Å². The lowest BCUT2D eigenvalue weighted by atomic mass is 9.65. The molecule has 4 rings (SSSR count). The van der Waals surface area contributed by atoms with E-state index in [4.69, 9.17) is 18.9 Å². The summed E-state index contributed by atoms with van der Waals surface area (Å²) < 4.78 is 23.5. The van der Waals surface area contributed by atoms with Crippen molar-refractivity contribution in [1.82, 2.24) is 0 Å². The van der Waals surface area contributed by atoms with Gasteiger partial charge in [-0.1, -0.05) is 25.1 Å². The van der Waals surface area contributed by atoms with Gasteiger partial charge in [-0.25, -0.2) is 0 Å². The molecule has 5 heteroatoms. The number of epoxide rings is 2. The molecule has 1 unspecified atom stereocenters. The van der Waals surface area contributed by atoms with Crippen molar-refractivity contribution in [2.24, 2.45) is 11.8 Å². The van der Waals surface area contributed by atoms with E-state index in [0.717, 1.165) is 25.2 Å². The van der Waals surface area contributed by atoms with Gasteiger partial charge in [0.15, 0.2) is 0 Å². The van der Waals surface area contributed by atoms with Crippen LogP contribution in [0.2, 0.25) is 0 Å². The predicted octanol–water partition coefficient (Wildman–Crippen LogP) is 2.41. The Labute approximate surface area is 149 Å². The highest BCUT2D eigenvalue weighted by molar-refractivity contribution is 5.22. The Morgan fingerprint density at radius 3 is 2.64 bits per heavy atom. The smallest absolute Gasteiger partial charge is 0.119 e. The monoisotopic (exact) mass is 348 g/mol. The van der Waals surface area contributed by atoms with Crippen molar-refractivity contribution in [3.05, 3.63) is 30.3 Å². The summed E-state index contributed by atoms with van der Waals surface area (Å²) in [7, 11) is 1.67. The minimum Gasteiger partial charge on any atom is -0.493 e. The Kier molecular flexibility index (Phi) is 4.31. The Morgan fingerprint density at radius 2 is 2.00 bits per heavy atom. The first kappa shape index (κ1) is 17.3. The molecule has 2 heterocycles. The van der Waals surface area contributed by atoms with E-state index in [2.05, 4.69) is 13.8 Å². The Hall–Kier alpha value is -1.14. The van der Waals surface area contributed by atoms with Crippen LogP contribution in [0.4, 0.5) is 0 Å². The number of benzene rings is 1. The lowest BCUT2D eigenvalue weighted by molar-refractivity contribution is -0.137. The summed E-state index contributed by atoms with van der Waals surface area (Å²) >= 11 is 0. The molecule has 1 saturated carbocycles. The molecular weight excluding hydrogens is 320 g/mol. The van der Waals surface area contributed by atoms with Gasteiger partial charge in [0, 0.05) is 13.5 Å². The fourth-order valence-electron chi connectivity index (χ4n) is 4.82. The Morgan fingerprint density at radius 1 is 1.28 bits per heavy atom. The quantitative estimate of drug-likeness (QED) is 0.800. The SMILES string of the molecule is CO[C@@H]1[C@H](O)[C@H](C)C[C@]2(CO2)[C@H]1C1(C)O[C@@H]1CCOc1ccccc1. The first-order valence-electron chi connectivity index (χ1n) is 9.21. The van der Waals surface area contributed by atoms with Gasteiger partial charge in [0.1, 0.15) is 17.0 Å². The number of rotatable bonds is 6. The number of aliphatic hydroxyl groups excluding tert-OH is 1. The van der Waals surface area contributed by atoms with Gasteiger partial charge in [0.25, 0.3) is 0 Å². The van der Waals surface area contributed by atoms with Crippen LogP contribution in [0.3, 0.4) is 0 Å². The third-order valence-electron chi connectivity index (χ3n) is 6.26. The molecule has 2 saturated heterocycles. The Bertz CT molecular complexity index is 601. The van der Waals surface area contributed by atoms with E-state index in [1.165, 1.54) is 0 Å². The molecule has 1 aliphatic carbocycles. The van der Waals surface area contributed by atoms with E-state index in [0.29, 0.717) is 6.61 Å². The molecule has 138 valence electrons. The second-order valence-electron chi connectivity index (χ2n) is 7.94. The molecule has 25 heavy (non-hydrogen) atoms. The summed E-state index contributed by atoms with van der Waals surface area (Å²) in [5, 5.41) is 10.6. The molecule has 1 N–H and O–H groups in total. The third kappa shape index (κ3) is 2.97. The van der Waals surface area contributed by atoms with Crippen molar-refractivity contribution in [1.29, 1.82) is 0 Å². The molecule has 7 atom stereocenters. The van der Waals surface area contributed by atoms with Crippen LogP contribution >= 0.6 is 0 Å². The molecular formula is C20H28O5. The highest BCUT2D eigenvalue weighted by Crippen LogP contribution is 2.60. The van der Waals surface area contributed by atoms with E-state index < -0.39 is 6.10 Å². The second-order valence-corrected chi connectivity index (χ2v) is 7.94. The van der Waals surface area contributed by atoms with Crippen LogP contribution in [0, 0.1) is 11.8 Å². The molecule has 1 aromatic rings. The van der Waals surface area contributed by atoms with E-state index in [1.54, 1.807) is 7.11 Å². The molecule has 1 aromatic carbocycles. The lowest BCUT2D eigenvalue weighted by Crippen LogP contribution is -2.57. The maximum atomic E-state index is 10.6. The number of ether oxygens (including phenoxy) is 4. The number of aliphatic hydroxyl groups is 1. The van der Waals surface area contributed by atoms with E-state index >= 15 is 0 Å². The first-order chi connectivity index (χ1) is 12.0. The van der Waals surface area contributed by atoms with Crippen LogP contribution < -0.4 is 4.74 Å². The average molecular weight is 348 g/mol. The predicted molar refractivity (Wildman–Crippen MR) is 92.6 cm³/mol. The number of methoxy groups -OCH3 is 1. The maximum Gasteiger partial charge on any atom is 0.119 e. The fourth-order valence-corrected chi connectivity index (χ4v) is 4.82. The molecule has 5 nitrogen and oxygen atoms in total. The average Bonchev–Trinajstić information content (AvgIpc) is 3.51. The molecule has 0 radical (unpaired) electrons. The number of hydrogen-bond acceptors (Lipinski definition) is 5. The summed E-state index contributed by atoms with van der Waals surface area (Å²) in [6, 6.07) is 9.83. The molecule has 0 amide bonds. The molecule has 3 aliphatic rings. The summed E-state index contributed by atoms with van der Waals surface area (Å²) in [5.74, 6) is 1.10. The van der Waals surface area contributed by atoms with Gasteiger partial charge < -0.3 is 24.1 Å². The first-order valence-corrected chi connectivity index (χ1v) is 9.21. The maximum absolute atomic E-state index is 10.6. The van der Waals surface area contributed by atoms with Gasteiger partial charge in [-0.3, -0.25) is 0 Å². The minimum absolute atomic E-state index is 0.0536. The normalized spacial score (nSPS) is 45.4. The van der Waals surface area contributed by atoms with Crippen LogP contribution in [-0.4, -0.2) is 54.9 Å². The summed E-state index contributed by atoms with van der Waals surface area (Å²) in [6.07, 6.45) is 1.06. The number of para-hydroxylation sites is 1. The van der Waals surface area contributed by atoms with Gasteiger partial charge in [-0.2, -0.15) is 0 Å². The molecule has 0 bridgehead atoms. The summed E-state index contributed by atoms with van der Waals surface area (Å²) in [6.45, 7) is 5.54. The topological polar surface area (TPSA) is 63.8 Å². The van der Waals surface area contributed by atoms with Crippen LogP contribution in [0.15, 0.2) is 30.3 Å². The van der Waals surface area contributed by atoms with Crippen molar-refractivity contribution in [3.8, 4) is 5.75 Å². The van der Waals surface area contributed by atoms with Gasteiger partial charge >= 0.3 is 0 Å². The van der Waals surface area contributed by atoms with E-state index in [-0.39, 0.29) is 35.2 Å². The highest BCUT2D eigenvalue weighted by atomic mass is 16.6. The highest BCUT2D eigenvalue weighted by Gasteiger charge is 2.72. The van der Waals surface area contributed by atoms with Crippen molar-refractivity contribution in [3.63, 3.8) is 0 Å². The van der Waals surface area contributed by atoms with Crippen LogP contribution in [0.25, 0.3) is 0 Å².